The highest BCUT2D eigenvalue weighted by Gasteiger charge is 2.06. The van der Waals surface area contributed by atoms with Crippen molar-refractivity contribution in [2.75, 3.05) is 0 Å². The van der Waals surface area contributed by atoms with E-state index in [0.717, 1.165) is 20.9 Å². The summed E-state index contributed by atoms with van der Waals surface area (Å²) in [7, 11) is 2.89. The lowest BCUT2D eigenvalue weighted by molar-refractivity contribution is 0.623. The highest BCUT2D eigenvalue weighted by molar-refractivity contribution is 8.76. The van der Waals surface area contributed by atoms with Gasteiger partial charge in [-0.3, -0.25) is 0 Å². The Kier molecular flexibility index (Phi) is 4.30. The SMILES string of the molecule is Cc1ccc(F)cc1SSc1cc(F)ccc1C. The van der Waals surface area contributed by atoms with Crippen LogP contribution in [0, 0.1) is 25.5 Å². The van der Waals surface area contributed by atoms with Gasteiger partial charge in [0.1, 0.15) is 11.6 Å². The Balaban J connectivity index is 2.16. The Bertz CT molecular complexity index is 516. The molecule has 0 spiro atoms. The lowest BCUT2D eigenvalue weighted by atomic mass is 10.2. The minimum absolute atomic E-state index is 0.250. The zero-order valence-electron chi connectivity index (χ0n) is 10.0. The van der Waals surface area contributed by atoms with E-state index >= 15 is 0 Å². The van der Waals surface area contributed by atoms with Gasteiger partial charge in [-0.05, 0) is 49.2 Å². The maximum atomic E-state index is 13.1. The van der Waals surface area contributed by atoms with Gasteiger partial charge in [-0.1, -0.05) is 33.7 Å². The van der Waals surface area contributed by atoms with Crippen LogP contribution < -0.4 is 0 Å². The van der Waals surface area contributed by atoms with Crippen molar-refractivity contribution in [1.29, 1.82) is 0 Å². The van der Waals surface area contributed by atoms with Crippen LogP contribution >= 0.6 is 21.6 Å². The van der Waals surface area contributed by atoms with Crippen LogP contribution in [-0.2, 0) is 0 Å². The van der Waals surface area contributed by atoms with Crippen molar-refractivity contribution in [3.8, 4) is 0 Å². The Morgan fingerprint density at radius 3 is 1.50 bits per heavy atom. The minimum atomic E-state index is -0.250. The van der Waals surface area contributed by atoms with Gasteiger partial charge in [0, 0.05) is 9.79 Å². The fourth-order valence-electron chi connectivity index (χ4n) is 1.42. The number of rotatable bonds is 3. The fourth-order valence-corrected chi connectivity index (χ4v) is 3.93. The van der Waals surface area contributed by atoms with Gasteiger partial charge >= 0.3 is 0 Å². The van der Waals surface area contributed by atoms with Gasteiger partial charge in [-0.25, -0.2) is 8.78 Å². The normalized spacial score (nSPS) is 10.7. The van der Waals surface area contributed by atoms with E-state index in [9.17, 15) is 8.78 Å². The summed E-state index contributed by atoms with van der Waals surface area (Å²) >= 11 is 0. The molecular formula is C14H12F2S2. The minimum Gasteiger partial charge on any atom is -0.207 e. The molecular weight excluding hydrogens is 270 g/mol. The zero-order valence-corrected chi connectivity index (χ0v) is 11.7. The summed E-state index contributed by atoms with van der Waals surface area (Å²) in [5.41, 5.74) is 2.03. The van der Waals surface area contributed by atoms with Gasteiger partial charge < -0.3 is 0 Å². The number of hydrogen-bond donors (Lipinski definition) is 0. The summed E-state index contributed by atoms with van der Waals surface area (Å²) < 4.78 is 26.3. The van der Waals surface area contributed by atoms with Crippen LogP contribution in [0.15, 0.2) is 46.2 Å². The lowest BCUT2D eigenvalue weighted by Crippen LogP contribution is -1.82. The van der Waals surface area contributed by atoms with Crippen molar-refractivity contribution in [3.63, 3.8) is 0 Å². The summed E-state index contributed by atoms with van der Waals surface area (Å²) in [6.45, 7) is 3.86. The average Bonchev–Trinajstić information content (AvgIpc) is 2.34. The van der Waals surface area contributed by atoms with Crippen LogP contribution in [0.3, 0.4) is 0 Å². The topological polar surface area (TPSA) is 0 Å². The molecule has 0 N–H and O–H groups in total. The highest BCUT2D eigenvalue weighted by atomic mass is 33.1. The second-order valence-electron chi connectivity index (χ2n) is 3.99. The van der Waals surface area contributed by atoms with Crippen molar-refractivity contribution in [3.05, 3.63) is 59.2 Å². The molecule has 2 rings (SSSR count). The number of halogens is 2. The van der Waals surface area contributed by atoms with E-state index < -0.39 is 0 Å². The largest absolute Gasteiger partial charge is 0.207 e. The smallest absolute Gasteiger partial charge is 0.124 e. The summed E-state index contributed by atoms with van der Waals surface area (Å²) in [4.78, 5) is 1.73. The zero-order chi connectivity index (χ0) is 13.1. The first-order chi connectivity index (χ1) is 8.56. The molecule has 0 amide bonds. The highest BCUT2D eigenvalue weighted by Crippen LogP contribution is 2.40. The second kappa shape index (κ2) is 5.76. The number of benzene rings is 2. The molecule has 0 heterocycles. The van der Waals surface area contributed by atoms with Gasteiger partial charge in [0.15, 0.2) is 0 Å². The molecule has 0 unspecified atom stereocenters. The van der Waals surface area contributed by atoms with Gasteiger partial charge in [0.05, 0.1) is 0 Å². The fraction of sp³-hybridized carbons (Fsp3) is 0.143. The summed E-state index contributed by atoms with van der Waals surface area (Å²) in [5, 5.41) is 0. The van der Waals surface area contributed by atoms with Gasteiger partial charge in [-0.15, -0.1) is 0 Å². The second-order valence-corrected chi connectivity index (χ2v) is 6.20. The molecule has 0 fully saturated rings. The summed E-state index contributed by atoms with van der Waals surface area (Å²) in [6, 6.07) is 9.38. The van der Waals surface area contributed by atoms with Crippen LogP contribution in [0.4, 0.5) is 8.78 Å². The predicted molar refractivity (Wildman–Crippen MR) is 74.0 cm³/mol. The molecule has 0 saturated heterocycles. The third-order valence-electron chi connectivity index (χ3n) is 2.52. The van der Waals surface area contributed by atoms with Crippen LogP contribution in [0.2, 0.25) is 0 Å². The third kappa shape index (κ3) is 3.27. The van der Waals surface area contributed by atoms with Gasteiger partial charge in [0.25, 0.3) is 0 Å². The third-order valence-corrected chi connectivity index (χ3v) is 5.17. The first-order valence-corrected chi connectivity index (χ1v) is 7.58. The monoisotopic (exact) mass is 282 g/mol. The standard InChI is InChI=1S/C14H12F2S2/c1-9-3-5-11(15)7-13(9)17-18-14-8-12(16)6-4-10(14)2/h3-8H,1-2H3. The molecule has 0 saturated carbocycles. The van der Waals surface area contributed by atoms with E-state index in [0.29, 0.717) is 0 Å². The molecule has 0 aliphatic rings. The molecule has 0 radical (unpaired) electrons. The molecule has 0 atom stereocenters. The Morgan fingerprint density at radius 1 is 0.722 bits per heavy atom. The van der Waals surface area contributed by atoms with Crippen LogP contribution in [0.5, 0.6) is 0 Å². The predicted octanol–water partition coefficient (Wildman–Crippen LogP) is 5.38. The van der Waals surface area contributed by atoms with Crippen molar-refractivity contribution >= 4 is 21.6 Å². The molecule has 0 aromatic heterocycles. The molecule has 18 heavy (non-hydrogen) atoms. The van der Waals surface area contributed by atoms with E-state index in [1.54, 1.807) is 12.1 Å². The maximum absolute atomic E-state index is 13.1. The first-order valence-electron chi connectivity index (χ1n) is 5.43. The molecule has 0 nitrogen and oxygen atoms in total. The lowest BCUT2D eigenvalue weighted by Gasteiger charge is -2.07. The maximum Gasteiger partial charge on any atom is 0.124 e. The van der Waals surface area contributed by atoms with Crippen LogP contribution in [-0.4, -0.2) is 0 Å². The van der Waals surface area contributed by atoms with Crippen LogP contribution in [0.25, 0.3) is 0 Å². The molecule has 4 heteroatoms. The van der Waals surface area contributed by atoms with E-state index in [4.69, 9.17) is 0 Å². The Labute approximate surface area is 113 Å². The number of aryl methyl sites for hydroxylation is 2. The molecule has 0 bridgehead atoms. The van der Waals surface area contributed by atoms with Crippen molar-refractivity contribution in [2.45, 2.75) is 23.6 Å². The molecule has 2 aromatic rings. The molecule has 0 aliphatic carbocycles. The molecule has 2 aromatic carbocycles. The van der Waals surface area contributed by atoms with Crippen molar-refractivity contribution in [2.24, 2.45) is 0 Å². The van der Waals surface area contributed by atoms with Crippen molar-refractivity contribution < 1.29 is 8.78 Å². The van der Waals surface area contributed by atoms with Gasteiger partial charge in [0.2, 0.25) is 0 Å². The van der Waals surface area contributed by atoms with Crippen molar-refractivity contribution in [1.82, 2.24) is 0 Å². The van der Waals surface area contributed by atoms with E-state index in [1.165, 1.54) is 45.9 Å². The Hall–Kier alpha value is -1.00. The summed E-state index contributed by atoms with van der Waals surface area (Å²) in [5.74, 6) is -0.501. The van der Waals surface area contributed by atoms with Crippen LogP contribution in [0.1, 0.15) is 11.1 Å². The number of hydrogen-bond acceptors (Lipinski definition) is 2. The Morgan fingerprint density at radius 2 is 1.11 bits per heavy atom. The van der Waals surface area contributed by atoms with E-state index in [-0.39, 0.29) is 11.6 Å². The van der Waals surface area contributed by atoms with E-state index in [2.05, 4.69) is 0 Å². The average molecular weight is 282 g/mol. The van der Waals surface area contributed by atoms with E-state index in [1.807, 2.05) is 13.8 Å². The quantitative estimate of drug-likeness (QED) is 0.693. The summed E-state index contributed by atoms with van der Waals surface area (Å²) in [6.07, 6.45) is 0. The first kappa shape index (κ1) is 13.4. The van der Waals surface area contributed by atoms with Gasteiger partial charge in [-0.2, -0.15) is 0 Å². The molecule has 94 valence electrons. The molecule has 0 aliphatic heterocycles.